The highest BCUT2D eigenvalue weighted by atomic mass is 35.5. The maximum absolute atomic E-state index is 13.1. The first-order chi connectivity index (χ1) is 14.8. The third-order valence-electron chi connectivity index (χ3n) is 5.22. The van der Waals surface area contributed by atoms with Crippen LogP contribution < -0.4 is 5.32 Å². The van der Waals surface area contributed by atoms with Crippen molar-refractivity contribution in [1.29, 1.82) is 0 Å². The molecule has 0 saturated heterocycles. The molecule has 0 heterocycles. The predicted octanol–water partition coefficient (Wildman–Crippen LogP) is 5.85. The summed E-state index contributed by atoms with van der Waals surface area (Å²) in [5.74, 6) is 0.731. The van der Waals surface area contributed by atoms with E-state index < -0.39 is 6.04 Å². The van der Waals surface area contributed by atoms with Crippen LogP contribution in [-0.4, -0.2) is 34.6 Å². The lowest BCUT2D eigenvalue weighted by molar-refractivity contribution is -0.140. The molecule has 0 aromatic heterocycles. The molecule has 2 aromatic rings. The molecule has 0 fully saturated rings. The molecule has 0 spiro atoms. The Morgan fingerprint density at radius 3 is 2.48 bits per heavy atom. The highest BCUT2D eigenvalue weighted by Gasteiger charge is 2.26. The number of carbonyl (C=O) groups is 2. The Balaban J connectivity index is 2.00. The van der Waals surface area contributed by atoms with Crippen molar-refractivity contribution in [2.24, 2.45) is 0 Å². The average Bonchev–Trinajstić information content (AvgIpc) is 2.75. The topological polar surface area (TPSA) is 49.4 Å². The lowest BCUT2D eigenvalue weighted by atomic mass is 10.1. The highest BCUT2D eigenvalue weighted by Crippen LogP contribution is 2.22. The van der Waals surface area contributed by atoms with Gasteiger partial charge in [-0.25, -0.2) is 0 Å². The summed E-state index contributed by atoms with van der Waals surface area (Å²) in [6, 6.07) is 15.4. The Morgan fingerprint density at radius 1 is 1.13 bits per heavy atom. The summed E-state index contributed by atoms with van der Waals surface area (Å²) < 4.78 is 0. The lowest BCUT2D eigenvalue weighted by Crippen LogP contribution is -2.49. The maximum Gasteiger partial charge on any atom is 0.242 e. The molecule has 0 saturated carbocycles. The number of rotatable bonds is 11. The van der Waals surface area contributed by atoms with Crippen molar-refractivity contribution in [1.82, 2.24) is 10.2 Å². The van der Waals surface area contributed by atoms with Gasteiger partial charge in [0.1, 0.15) is 6.04 Å². The van der Waals surface area contributed by atoms with E-state index in [4.69, 9.17) is 11.6 Å². The van der Waals surface area contributed by atoms with Gasteiger partial charge in [-0.2, -0.15) is 0 Å². The monoisotopic (exact) mass is 460 g/mol. The fraction of sp³-hybridized carbons (Fsp3) is 0.440. The molecule has 168 valence electrons. The fourth-order valence-corrected chi connectivity index (χ4v) is 4.12. The average molecular weight is 461 g/mol. The van der Waals surface area contributed by atoms with Crippen LogP contribution in [0, 0.1) is 6.92 Å². The highest BCUT2D eigenvalue weighted by molar-refractivity contribution is 7.99. The maximum atomic E-state index is 13.1. The molecular formula is C25H33ClN2O2S. The van der Waals surface area contributed by atoms with Gasteiger partial charge in [0.05, 0.1) is 0 Å². The zero-order chi connectivity index (χ0) is 22.8. The van der Waals surface area contributed by atoms with Gasteiger partial charge in [-0.15, -0.1) is 11.8 Å². The van der Waals surface area contributed by atoms with E-state index in [0.29, 0.717) is 13.0 Å². The number of hydrogen-bond acceptors (Lipinski definition) is 3. The first-order valence-electron chi connectivity index (χ1n) is 10.8. The Hall–Kier alpha value is -1.98. The van der Waals surface area contributed by atoms with Gasteiger partial charge in [0.25, 0.3) is 0 Å². The van der Waals surface area contributed by atoms with E-state index in [1.165, 1.54) is 0 Å². The van der Waals surface area contributed by atoms with Crippen LogP contribution in [0.15, 0.2) is 53.4 Å². The summed E-state index contributed by atoms with van der Waals surface area (Å²) in [6.45, 7) is 8.28. The third-order valence-corrected chi connectivity index (χ3v) is 6.57. The van der Waals surface area contributed by atoms with Crippen molar-refractivity contribution in [3.63, 3.8) is 0 Å². The minimum atomic E-state index is -0.522. The third kappa shape index (κ3) is 8.58. The molecule has 1 N–H and O–H groups in total. The molecule has 0 aliphatic carbocycles. The van der Waals surface area contributed by atoms with Gasteiger partial charge in [0.15, 0.2) is 0 Å². The van der Waals surface area contributed by atoms with E-state index in [9.17, 15) is 9.59 Å². The van der Waals surface area contributed by atoms with Crippen LogP contribution >= 0.6 is 23.4 Å². The van der Waals surface area contributed by atoms with E-state index in [1.54, 1.807) is 16.7 Å². The number of hydrogen-bond donors (Lipinski definition) is 1. The van der Waals surface area contributed by atoms with Crippen molar-refractivity contribution >= 4 is 35.2 Å². The molecular weight excluding hydrogens is 428 g/mol. The van der Waals surface area contributed by atoms with E-state index in [1.807, 2.05) is 70.2 Å². The summed E-state index contributed by atoms with van der Waals surface area (Å²) in [5.41, 5.74) is 2.17. The number of halogens is 1. The number of amides is 2. The van der Waals surface area contributed by atoms with E-state index in [2.05, 4.69) is 11.4 Å². The molecule has 0 bridgehead atoms. The number of thioether (sulfide) groups is 1. The van der Waals surface area contributed by atoms with Gasteiger partial charge in [0, 0.05) is 28.9 Å². The first-order valence-corrected chi connectivity index (χ1v) is 12.2. The van der Waals surface area contributed by atoms with Crippen molar-refractivity contribution in [2.75, 3.05) is 5.75 Å². The summed E-state index contributed by atoms with van der Waals surface area (Å²) in [4.78, 5) is 28.7. The molecule has 2 amide bonds. The zero-order valence-corrected chi connectivity index (χ0v) is 20.4. The zero-order valence-electron chi connectivity index (χ0n) is 18.9. The largest absolute Gasteiger partial charge is 0.352 e. The van der Waals surface area contributed by atoms with Crippen LogP contribution in [0.2, 0.25) is 5.02 Å². The SMILES string of the molecule is CC[C@H](C)NC(=O)[C@@H](C)N(Cc1cccc(C)c1)C(=O)CCCSc1ccc(Cl)cc1. The first kappa shape index (κ1) is 25.3. The van der Waals surface area contributed by atoms with Gasteiger partial charge in [-0.05, 0) is 69.2 Å². The molecule has 4 nitrogen and oxygen atoms in total. The van der Waals surface area contributed by atoms with Crippen molar-refractivity contribution < 1.29 is 9.59 Å². The summed E-state index contributed by atoms with van der Waals surface area (Å²) in [6.07, 6.45) is 2.01. The van der Waals surface area contributed by atoms with E-state index in [0.717, 1.165) is 39.6 Å². The van der Waals surface area contributed by atoms with Crippen LogP contribution in [0.3, 0.4) is 0 Å². The molecule has 0 aliphatic heterocycles. The van der Waals surface area contributed by atoms with E-state index in [-0.39, 0.29) is 17.9 Å². The second kappa shape index (κ2) is 12.8. The molecule has 0 radical (unpaired) electrons. The molecule has 6 heteroatoms. The Morgan fingerprint density at radius 2 is 1.84 bits per heavy atom. The van der Waals surface area contributed by atoms with E-state index >= 15 is 0 Å². The molecule has 2 aromatic carbocycles. The summed E-state index contributed by atoms with van der Waals surface area (Å²) >= 11 is 7.64. The van der Waals surface area contributed by atoms with Gasteiger partial charge >= 0.3 is 0 Å². The second-order valence-electron chi connectivity index (χ2n) is 7.91. The van der Waals surface area contributed by atoms with Gasteiger partial charge in [-0.3, -0.25) is 9.59 Å². The molecule has 2 atom stereocenters. The Labute approximate surface area is 195 Å². The van der Waals surface area contributed by atoms with Crippen molar-refractivity contribution in [3.8, 4) is 0 Å². The normalized spacial score (nSPS) is 12.8. The number of nitrogens with zero attached hydrogens (tertiary/aromatic N) is 1. The summed E-state index contributed by atoms with van der Waals surface area (Å²) in [7, 11) is 0. The van der Waals surface area contributed by atoms with Crippen LogP contribution in [0.25, 0.3) is 0 Å². The number of aryl methyl sites for hydroxylation is 1. The predicted molar refractivity (Wildman–Crippen MR) is 130 cm³/mol. The number of benzene rings is 2. The Kier molecular flexibility index (Phi) is 10.4. The summed E-state index contributed by atoms with van der Waals surface area (Å²) in [5, 5.41) is 3.73. The van der Waals surface area contributed by atoms with Crippen LogP contribution in [0.1, 0.15) is 51.2 Å². The Bertz CT molecular complexity index is 857. The van der Waals surface area contributed by atoms with Crippen molar-refractivity contribution in [3.05, 3.63) is 64.7 Å². The van der Waals surface area contributed by atoms with Crippen LogP contribution in [0.5, 0.6) is 0 Å². The number of carbonyl (C=O) groups excluding carboxylic acids is 2. The molecule has 31 heavy (non-hydrogen) atoms. The van der Waals surface area contributed by atoms with Crippen LogP contribution in [-0.2, 0) is 16.1 Å². The molecule has 0 unspecified atom stereocenters. The number of nitrogens with one attached hydrogen (secondary N) is 1. The molecule has 0 aliphatic rings. The van der Waals surface area contributed by atoms with Crippen LogP contribution in [0.4, 0.5) is 0 Å². The quantitative estimate of drug-likeness (QED) is 0.338. The van der Waals surface area contributed by atoms with Gasteiger partial charge in [-0.1, -0.05) is 48.4 Å². The van der Waals surface area contributed by atoms with Gasteiger partial charge in [0.2, 0.25) is 11.8 Å². The lowest BCUT2D eigenvalue weighted by Gasteiger charge is -2.30. The standard InChI is InChI=1S/C25H33ClN2O2S/c1-5-19(3)27-25(30)20(4)28(17-21-9-6-8-18(2)16-21)24(29)10-7-15-31-23-13-11-22(26)12-14-23/h6,8-9,11-14,16,19-20H,5,7,10,15,17H2,1-4H3,(H,27,30)/t19-,20+/m0/s1. The smallest absolute Gasteiger partial charge is 0.242 e. The second-order valence-corrected chi connectivity index (χ2v) is 9.52. The molecule has 2 rings (SSSR count). The minimum Gasteiger partial charge on any atom is -0.352 e. The van der Waals surface area contributed by atoms with Gasteiger partial charge < -0.3 is 10.2 Å². The van der Waals surface area contributed by atoms with Crippen molar-refractivity contribution in [2.45, 2.75) is 70.5 Å². The fourth-order valence-electron chi connectivity index (χ4n) is 3.14. The minimum absolute atomic E-state index is 0.00464.